The second-order valence-electron chi connectivity index (χ2n) is 4.84. The first kappa shape index (κ1) is 13.3. The largest absolute Gasteiger partial charge is 0.479 e. The van der Waals surface area contributed by atoms with Gasteiger partial charge in [-0.2, -0.15) is 0 Å². The molecule has 1 aliphatic rings. The van der Waals surface area contributed by atoms with Crippen molar-refractivity contribution in [3.8, 4) is 5.75 Å². The van der Waals surface area contributed by atoms with Crippen molar-refractivity contribution in [1.29, 1.82) is 0 Å². The topological polar surface area (TPSA) is 52.6 Å². The summed E-state index contributed by atoms with van der Waals surface area (Å²) in [6.07, 6.45) is 3.72. The quantitative estimate of drug-likeness (QED) is 0.619. The van der Waals surface area contributed by atoms with Gasteiger partial charge in [0.25, 0.3) is 0 Å². The van der Waals surface area contributed by atoms with Crippen molar-refractivity contribution in [3.63, 3.8) is 0 Å². The van der Waals surface area contributed by atoms with Crippen molar-refractivity contribution in [3.05, 3.63) is 35.4 Å². The average molecular weight is 260 g/mol. The van der Waals surface area contributed by atoms with Gasteiger partial charge in [0.1, 0.15) is 12.4 Å². The third-order valence-corrected chi connectivity index (χ3v) is 2.94. The van der Waals surface area contributed by atoms with E-state index in [1.807, 2.05) is 19.1 Å². The number of Topliss-reactive ketones (excluding diaryl/α,β-unsaturated/α-hetero) is 1. The summed E-state index contributed by atoms with van der Waals surface area (Å²) >= 11 is 0. The molecule has 1 aromatic carbocycles. The van der Waals surface area contributed by atoms with Gasteiger partial charge in [0.15, 0.2) is 11.4 Å². The van der Waals surface area contributed by atoms with E-state index in [9.17, 15) is 9.59 Å². The van der Waals surface area contributed by atoms with E-state index >= 15 is 0 Å². The molecule has 4 nitrogen and oxygen atoms in total. The zero-order valence-corrected chi connectivity index (χ0v) is 11.2. The molecule has 0 fully saturated rings. The number of rotatable bonds is 3. The normalized spacial score (nSPS) is 20.4. The van der Waals surface area contributed by atoms with E-state index in [4.69, 9.17) is 9.47 Å². The standard InChI is InChI=1S/C15H16O4/c1-10(16)12-4-5-14-13(8-12)6-7-15(3,19-14)9-18-11(2)17/h4-8H,9H2,1-3H3/t15-/m0/s1. The summed E-state index contributed by atoms with van der Waals surface area (Å²) in [5.41, 5.74) is 0.833. The lowest BCUT2D eigenvalue weighted by Gasteiger charge is -2.31. The molecule has 0 bridgehead atoms. The van der Waals surface area contributed by atoms with E-state index in [1.165, 1.54) is 13.8 Å². The molecule has 4 heteroatoms. The second kappa shape index (κ2) is 4.88. The Kier molecular flexibility index (Phi) is 3.42. The molecule has 0 unspecified atom stereocenters. The van der Waals surface area contributed by atoms with E-state index < -0.39 is 5.60 Å². The van der Waals surface area contributed by atoms with E-state index in [0.717, 1.165) is 5.56 Å². The highest BCUT2D eigenvalue weighted by Crippen LogP contribution is 2.31. The molecule has 0 spiro atoms. The monoisotopic (exact) mass is 260 g/mol. The van der Waals surface area contributed by atoms with Gasteiger partial charge in [0, 0.05) is 18.1 Å². The van der Waals surface area contributed by atoms with Gasteiger partial charge in [0.05, 0.1) is 0 Å². The minimum absolute atomic E-state index is 0.0180. The predicted molar refractivity (Wildman–Crippen MR) is 71.1 cm³/mol. The molecule has 100 valence electrons. The van der Waals surface area contributed by atoms with Crippen LogP contribution in [0, 0.1) is 0 Å². The number of benzene rings is 1. The molecule has 0 radical (unpaired) electrons. The molecule has 0 saturated carbocycles. The van der Waals surface area contributed by atoms with Gasteiger partial charge in [-0.15, -0.1) is 0 Å². The third-order valence-electron chi connectivity index (χ3n) is 2.94. The molecule has 1 aromatic rings. The van der Waals surface area contributed by atoms with Crippen LogP contribution >= 0.6 is 0 Å². The first-order valence-corrected chi connectivity index (χ1v) is 6.06. The molecule has 2 rings (SSSR count). The Hall–Kier alpha value is -2.10. The van der Waals surface area contributed by atoms with E-state index in [1.54, 1.807) is 18.2 Å². The van der Waals surface area contributed by atoms with Crippen molar-refractivity contribution in [2.45, 2.75) is 26.4 Å². The number of hydrogen-bond acceptors (Lipinski definition) is 4. The first-order valence-electron chi connectivity index (χ1n) is 6.06. The van der Waals surface area contributed by atoms with Gasteiger partial charge in [-0.1, -0.05) is 6.08 Å². The van der Waals surface area contributed by atoms with Crippen molar-refractivity contribution >= 4 is 17.8 Å². The summed E-state index contributed by atoms with van der Waals surface area (Å²) in [5.74, 6) is 0.363. The zero-order valence-electron chi connectivity index (χ0n) is 11.2. The molecule has 0 saturated heterocycles. The third kappa shape index (κ3) is 3.02. The number of ketones is 1. The van der Waals surface area contributed by atoms with Crippen LogP contribution in [0.15, 0.2) is 24.3 Å². The van der Waals surface area contributed by atoms with Crippen LogP contribution in [0.1, 0.15) is 36.7 Å². The van der Waals surface area contributed by atoms with E-state index in [2.05, 4.69) is 0 Å². The number of ether oxygens (including phenoxy) is 2. The summed E-state index contributed by atoms with van der Waals surface area (Å²) < 4.78 is 10.8. The van der Waals surface area contributed by atoms with Crippen LogP contribution in [-0.4, -0.2) is 24.0 Å². The van der Waals surface area contributed by atoms with Crippen LogP contribution in [0.4, 0.5) is 0 Å². The molecular formula is C15H16O4. The van der Waals surface area contributed by atoms with Gasteiger partial charge < -0.3 is 9.47 Å². The number of carbonyl (C=O) groups is 2. The van der Waals surface area contributed by atoms with Crippen molar-refractivity contribution in [2.24, 2.45) is 0 Å². The molecule has 19 heavy (non-hydrogen) atoms. The Balaban J connectivity index is 2.22. The Morgan fingerprint density at radius 1 is 1.32 bits per heavy atom. The maximum atomic E-state index is 11.3. The average Bonchev–Trinajstić information content (AvgIpc) is 2.36. The van der Waals surface area contributed by atoms with Gasteiger partial charge in [-0.05, 0) is 38.1 Å². The molecule has 1 atom stereocenters. The van der Waals surface area contributed by atoms with Gasteiger partial charge in [0.2, 0.25) is 0 Å². The fourth-order valence-corrected chi connectivity index (χ4v) is 1.86. The number of fused-ring (bicyclic) bond motifs is 1. The molecule has 0 amide bonds. The molecule has 1 aliphatic heterocycles. The number of carbonyl (C=O) groups excluding carboxylic acids is 2. The fraction of sp³-hybridized carbons (Fsp3) is 0.333. The molecule has 1 heterocycles. The maximum Gasteiger partial charge on any atom is 0.302 e. The predicted octanol–water partition coefficient (Wildman–Crippen LogP) is 2.62. The summed E-state index contributed by atoms with van der Waals surface area (Å²) in [7, 11) is 0. The van der Waals surface area contributed by atoms with Crippen LogP contribution < -0.4 is 4.74 Å². The van der Waals surface area contributed by atoms with Crippen molar-refractivity contribution < 1.29 is 19.1 Å². The van der Waals surface area contributed by atoms with Crippen molar-refractivity contribution in [2.75, 3.05) is 6.61 Å². The van der Waals surface area contributed by atoms with Crippen LogP contribution in [0.3, 0.4) is 0 Å². The fourth-order valence-electron chi connectivity index (χ4n) is 1.86. The Labute approximate surface area is 112 Å². The number of hydrogen-bond donors (Lipinski definition) is 0. The Morgan fingerprint density at radius 3 is 2.68 bits per heavy atom. The lowest BCUT2D eigenvalue weighted by molar-refractivity contribution is -0.145. The molecule has 0 N–H and O–H groups in total. The molecule has 0 aliphatic carbocycles. The maximum absolute atomic E-state index is 11.3. The zero-order chi connectivity index (χ0) is 14.0. The highest BCUT2D eigenvalue weighted by atomic mass is 16.6. The minimum Gasteiger partial charge on any atom is -0.479 e. The van der Waals surface area contributed by atoms with Crippen LogP contribution in [-0.2, 0) is 9.53 Å². The highest BCUT2D eigenvalue weighted by Gasteiger charge is 2.29. The van der Waals surface area contributed by atoms with Crippen LogP contribution in [0.2, 0.25) is 0 Å². The lowest BCUT2D eigenvalue weighted by atomic mass is 9.99. The van der Waals surface area contributed by atoms with Gasteiger partial charge in [-0.3, -0.25) is 9.59 Å². The minimum atomic E-state index is -0.670. The van der Waals surface area contributed by atoms with Gasteiger partial charge in [-0.25, -0.2) is 0 Å². The van der Waals surface area contributed by atoms with Crippen molar-refractivity contribution in [1.82, 2.24) is 0 Å². The SMILES string of the molecule is CC(=O)OC[C@]1(C)C=Cc2cc(C(C)=O)ccc2O1. The van der Waals surface area contributed by atoms with Gasteiger partial charge >= 0.3 is 5.97 Å². The van der Waals surface area contributed by atoms with E-state index in [0.29, 0.717) is 11.3 Å². The highest BCUT2D eigenvalue weighted by molar-refractivity contribution is 5.95. The van der Waals surface area contributed by atoms with Crippen LogP contribution in [0.5, 0.6) is 5.75 Å². The Morgan fingerprint density at radius 2 is 2.05 bits per heavy atom. The summed E-state index contributed by atoms with van der Waals surface area (Å²) in [6, 6.07) is 5.29. The molecule has 0 aromatic heterocycles. The number of esters is 1. The summed E-state index contributed by atoms with van der Waals surface area (Å²) in [4.78, 5) is 22.2. The Bertz CT molecular complexity index is 559. The lowest BCUT2D eigenvalue weighted by Crippen LogP contribution is -2.37. The van der Waals surface area contributed by atoms with E-state index in [-0.39, 0.29) is 18.4 Å². The smallest absolute Gasteiger partial charge is 0.302 e. The summed E-state index contributed by atoms with van der Waals surface area (Å²) in [5, 5.41) is 0. The van der Waals surface area contributed by atoms with Crippen LogP contribution in [0.25, 0.3) is 6.08 Å². The second-order valence-corrected chi connectivity index (χ2v) is 4.84. The molecular weight excluding hydrogens is 244 g/mol. The summed E-state index contributed by atoms with van der Waals surface area (Å²) in [6.45, 7) is 4.89. The first-order chi connectivity index (χ1) is 8.89.